The lowest BCUT2D eigenvalue weighted by molar-refractivity contribution is -0.169. The van der Waals surface area contributed by atoms with Crippen molar-refractivity contribution in [2.24, 2.45) is 0 Å². The Morgan fingerprint density at radius 3 is 2.72 bits per heavy atom. The second-order valence-corrected chi connectivity index (χ2v) is 18.5. The molecule has 2 aromatic heterocycles. The molecule has 0 aromatic carbocycles. The van der Waals surface area contributed by atoms with Crippen LogP contribution in [-0.2, 0) is 36.8 Å². The monoisotopic (exact) mass is 632 g/mol. The molecule has 2 aliphatic heterocycles. The van der Waals surface area contributed by atoms with Gasteiger partial charge in [0.25, 0.3) is 0 Å². The van der Waals surface area contributed by atoms with E-state index in [1.54, 1.807) is 11.0 Å². The Hall–Kier alpha value is -2.97. The van der Waals surface area contributed by atoms with E-state index < -0.39 is 20.3 Å². The standard InChI is InChI=1S/C30H44N4O7SSi/c1-5-13-39-29(35)32-27-10-9-25(42-27)21-34(30(36)40-17-18-43(2,3)4)26-20-24(33-11-15-37-16-12-33)19-23(31-26)22-41-28-8-6-7-14-38-28/h5,9-10,19-20,28H,1,6-8,11-18,21-22H2,2-4H3,(H,32,35). The third-order valence-electron chi connectivity index (χ3n) is 6.89. The van der Waals surface area contributed by atoms with Crippen LogP contribution in [0.4, 0.5) is 26.1 Å². The Bertz CT molecular complexity index is 1210. The first-order valence-corrected chi connectivity index (χ1v) is 19.4. The smallest absolute Gasteiger partial charge is 0.415 e. The summed E-state index contributed by atoms with van der Waals surface area (Å²) < 4.78 is 28.3. The van der Waals surface area contributed by atoms with Gasteiger partial charge in [-0.3, -0.25) is 10.2 Å². The molecule has 1 atom stereocenters. The predicted molar refractivity (Wildman–Crippen MR) is 171 cm³/mol. The molecule has 0 saturated carbocycles. The van der Waals surface area contributed by atoms with Crippen LogP contribution in [-0.4, -0.2) is 77.7 Å². The zero-order valence-electron chi connectivity index (χ0n) is 25.5. The normalized spacial score (nSPS) is 17.3. The highest BCUT2D eigenvalue weighted by atomic mass is 32.1. The molecule has 2 saturated heterocycles. The molecular weight excluding hydrogens is 589 g/mol. The molecule has 2 amide bonds. The van der Waals surface area contributed by atoms with Crippen molar-refractivity contribution in [2.75, 3.05) is 61.2 Å². The molecule has 4 rings (SSSR count). The minimum Gasteiger partial charge on any atom is -0.449 e. The van der Waals surface area contributed by atoms with Gasteiger partial charge in [-0.05, 0) is 43.5 Å². The van der Waals surface area contributed by atoms with Gasteiger partial charge >= 0.3 is 12.2 Å². The van der Waals surface area contributed by atoms with Gasteiger partial charge < -0.3 is 28.6 Å². The van der Waals surface area contributed by atoms with Crippen molar-refractivity contribution < 1.29 is 33.3 Å². The maximum atomic E-state index is 13.6. The molecular formula is C30H44N4O7SSi. The highest BCUT2D eigenvalue weighted by Crippen LogP contribution is 2.29. The number of carbonyl (C=O) groups is 2. The third kappa shape index (κ3) is 10.9. The highest BCUT2D eigenvalue weighted by Gasteiger charge is 2.25. The zero-order valence-corrected chi connectivity index (χ0v) is 27.3. The number of pyridine rings is 1. The molecule has 11 nitrogen and oxygen atoms in total. The van der Waals surface area contributed by atoms with Crippen LogP contribution in [0.5, 0.6) is 0 Å². The lowest BCUT2D eigenvalue weighted by atomic mass is 10.2. The molecule has 0 aliphatic carbocycles. The van der Waals surface area contributed by atoms with Crippen LogP contribution < -0.4 is 15.1 Å². The fraction of sp³-hybridized carbons (Fsp3) is 0.567. The maximum absolute atomic E-state index is 13.6. The highest BCUT2D eigenvalue weighted by molar-refractivity contribution is 7.16. The van der Waals surface area contributed by atoms with Gasteiger partial charge in [-0.25, -0.2) is 14.6 Å². The number of rotatable bonds is 13. The topological polar surface area (TPSA) is 112 Å². The molecule has 0 bridgehead atoms. The molecule has 0 radical (unpaired) electrons. The van der Waals surface area contributed by atoms with E-state index in [0.29, 0.717) is 42.9 Å². The van der Waals surface area contributed by atoms with E-state index >= 15 is 0 Å². The van der Waals surface area contributed by atoms with Crippen LogP contribution >= 0.6 is 11.3 Å². The van der Waals surface area contributed by atoms with Crippen molar-refractivity contribution in [1.29, 1.82) is 0 Å². The largest absolute Gasteiger partial charge is 0.449 e. The summed E-state index contributed by atoms with van der Waals surface area (Å²) in [4.78, 5) is 35.2. The van der Waals surface area contributed by atoms with Gasteiger partial charge in [-0.15, -0.1) is 11.3 Å². The quantitative estimate of drug-likeness (QED) is 0.203. The summed E-state index contributed by atoms with van der Waals surface area (Å²) in [5.41, 5.74) is 1.64. The molecule has 0 spiro atoms. The molecule has 2 aliphatic rings. The Balaban J connectivity index is 1.59. The number of thiophene rings is 1. The fourth-order valence-corrected chi connectivity index (χ4v) is 6.11. The van der Waals surface area contributed by atoms with Crippen LogP contribution in [0.25, 0.3) is 0 Å². The maximum Gasteiger partial charge on any atom is 0.415 e. The van der Waals surface area contributed by atoms with Gasteiger partial charge in [0.15, 0.2) is 6.29 Å². The first-order chi connectivity index (χ1) is 20.7. The zero-order chi connectivity index (χ0) is 30.7. The molecule has 2 aromatic rings. The lowest BCUT2D eigenvalue weighted by Crippen LogP contribution is -2.37. The number of carbonyl (C=O) groups excluding carboxylic acids is 2. The molecule has 1 unspecified atom stereocenters. The van der Waals surface area contributed by atoms with Crippen LogP contribution in [0.2, 0.25) is 25.7 Å². The number of hydrogen-bond donors (Lipinski definition) is 1. The van der Waals surface area contributed by atoms with Crippen molar-refractivity contribution in [3.05, 3.63) is 47.5 Å². The summed E-state index contributed by atoms with van der Waals surface area (Å²) in [6.07, 6.45) is 3.16. The fourth-order valence-electron chi connectivity index (χ4n) is 4.51. The number of aromatic nitrogens is 1. The summed E-state index contributed by atoms with van der Waals surface area (Å²) in [6, 6.07) is 8.44. The molecule has 1 N–H and O–H groups in total. The van der Waals surface area contributed by atoms with Gasteiger partial charge in [-0.2, -0.15) is 0 Å². The molecule has 2 fully saturated rings. The number of ether oxygens (including phenoxy) is 5. The Labute approximate surface area is 259 Å². The van der Waals surface area contributed by atoms with Crippen molar-refractivity contribution in [3.63, 3.8) is 0 Å². The van der Waals surface area contributed by atoms with E-state index in [1.807, 2.05) is 18.2 Å². The van der Waals surface area contributed by atoms with E-state index in [2.05, 4.69) is 36.4 Å². The van der Waals surface area contributed by atoms with Crippen LogP contribution in [0.15, 0.2) is 36.9 Å². The lowest BCUT2D eigenvalue weighted by Gasteiger charge is -2.30. The van der Waals surface area contributed by atoms with E-state index in [-0.39, 0.29) is 26.0 Å². The summed E-state index contributed by atoms with van der Waals surface area (Å²) in [7, 11) is -1.42. The Kier molecular flexibility index (Phi) is 12.4. The Morgan fingerprint density at radius 2 is 2.00 bits per heavy atom. The summed E-state index contributed by atoms with van der Waals surface area (Å²) >= 11 is 1.35. The number of hydrogen-bond acceptors (Lipinski definition) is 10. The number of anilines is 3. The van der Waals surface area contributed by atoms with Gasteiger partial charge in [-0.1, -0.05) is 32.3 Å². The van der Waals surface area contributed by atoms with Gasteiger partial charge in [0.05, 0.1) is 43.7 Å². The average molecular weight is 633 g/mol. The van der Waals surface area contributed by atoms with Crippen LogP contribution in [0.3, 0.4) is 0 Å². The summed E-state index contributed by atoms with van der Waals surface area (Å²) in [5, 5.41) is 3.32. The predicted octanol–water partition coefficient (Wildman–Crippen LogP) is 6.24. The van der Waals surface area contributed by atoms with Crippen molar-refractivity contribution >= 4 is 48.1 Å². The number of nitrogens with zero attached hydrogens (tertiary/aromatic N) is 3. The average Bonchev–Trinajstić information content (AvgIpc) is 3.44. The molecule has 43 heavy (non-hydrogen) atoms. The number of amides is 2. The van der Waals surface area contributed by atoms with Crippen LogP contribution in [0, 0.1) is 0 Å². The van der Waals surface area contributed by atoms with Crippen LogP contribution in [0.1, 0.15) is 29.8 Å². The summed E-state index contributed by atoms with van der Waals surface area (Å²) in [6.45, 7) is 14.6. The first-order valence-electron chi connectivity index (χ1n) is 14.8. The number of nitrogens with one attached hydrogen (secondary N) is 1. The minimum absolute atomic E-state index is 0.116. The van der Waals surface area contributed by atoms with Crippen molar-refractivity contribution in [3.8, 4) is 0 Å². The van der Waals surface area contributed by atoms with E-state index in [9.17, 15) is 9.59 Å². The van der Waals surface area contributed by atoms with E-state index in [0.717, 1.165) is 49.0 Å². The SMILES string of the molecule is C=CCOC(=O)Nc1ccc(CN(C(=O)OCC[Si](C)(C)C)c2cc(N3CCOCC3)cc(COC3CCCCO3)n2)s1. The van der Waals surface area contributed by atoms with Gasteiger partial charge in [0.2, 0.25) is 0 Å². The van der Waals surface area contributed by atoms with Crippen molar-refractivity contribution in [2.45, 2.75) is 64.4 Å². The summed E-state index contributed by atoms with van der Waals surface area (Å²) in [5.74, 6) is 0.471. The molecule has 13 heteroatoms. The second kappa shape index (κ2) is 16.2. The second-order valence-electron chi connectivity index (χ2n) is 11.7. The van der Waals surface area contributed by atoms with Gasteiger partial charge in [0, 0.05) is 44.4 Å². The first kappa shape index (κ1) is 32.9. The Morgan fingerprint density at radius 1 is 1.19 bits per heavy atom. The van der Waals surface area contributed by atoms with E-state index in [4.69, 9.17) is 28.7 Å². The van der Waals surface area contributed by atoms with Gasteiger partial charge in [0.1, 0.15) is 12.4 Å². The molecule has 236 valence electrons. The minimum atomic E-state index is -1.42. The van der Waals surface area contributed by atoms with E-state index in [1.165, 1.54) is 17.4 Å². The molecule has 4 heterocycles. The third-order valence-corrected chi connectivity index (χ3v) is 9.58. The number of morpholine rings is 1. The van der Waals surface area contributed by atoms with Crippen molar-refractivity contribution in [1.82, 2.24) is 4.98 Å².